The molecular weight excluding hydrogens is 268 g/mol. The molecule has 5 N–H and O–H groups in total. The van der Waals surface area contributed by atoms with Crippen molar-refractivity contribution in [2.24, 2.45) is 5.73 Å². The third kappa shape index (κ3) is 3.97. The van der Waals surface area contributed by atoms with E-state index >= 15 is 0 Å². The monoisotopic (exact) mass is 286 g/mol. The molecule has 0 aliphatic rings. The van der Waals surface area contributed by atoms with Gasteiger partial charge in [-0.2, -0.15) is 0 Å². The Balaban J connectivity index is 1.97. The Bertz CT molecular complexity index is 624. The molecule has 0 saturated heterocycles. The minimum absolute atomic E-state index is 0.0838. The SMILES string of the molecule is NCCc1ccc(CNC(=O)c2ccc(O)cc2O)cc1. The summed E-state index contributed by atoms with van der Waals surface area (Å²) < 4.78 is 0. The number of phenolic OH excluding ortho intramolecular Hbond substituents is 2. The molecule has 0 atom stereocenters. The number of amides is 1. The maximum Gasteiger partial charge on any atom is 0.255 e. The van der Waals surface area contributed by atoms with Crippen LogP contribution in [0.25, 0.3) is 0 Å². The van der Waals surface area contributed by atoms with Crippen molar-refractivity contribution in [2.75, 3.05) is 6.54 Å². The molecule has 1 amide bonds. The summed E-state index contributed by atoms with van der Waals surface area (Å²) in [5, 5.41) is 21.5. The second-order valence-corrected chi connectivity index (χ2v) is 4.74. The predicted molar refractivity (Wildman–Crippen MR) is 80.1 cm³/mol. The maximum atomic E-state index is 12.0. The predicted octanol–water partition coefficient (Wildman–Crippen LogP) is 1.53. The molecule has 0 fully saturated rings. The van der Waals surface area contributed by atoms with Gasteiger partial charge >= 0.3 is 0 Å². The number of nitrogens with one attached hydrogen (secondary N) is 1. The third-order valence-electron chi connectivity index (χ3n) is 3.13. The molecule has 5 heteroatoms. The number of rotatable bonds is 5. The molecule has 0 aromatic heterocycles. The zero-order valence-electron chi connectivity index (χ0n) is 11.5. The van der Waals surface area contributed by atoms with Gasteiger partial charge in [-0.3, -0.25) is 4.79 Å². The van der Waals surface area contributed by atoms with E-state index in [9.17, 15) is 15.0 Å². The van der Waals surface area contributed by atoms with Crippen LogP contribution in [0.3, 0.4) is 0 Å². The van der Waals surface area contributed by atoms with Gasteiger partial charge in [0.2, 0.25) is 0 Å². The van der Waals surface area contributed by atoms with Gasteiger partial charge in [0.05, 0.1) is 5.56 Å². The number of nitrogens with two attached hydrogens (primary N) is 1. The van der Waals surface area contributed by atoms with Crippen molar-refractivity contribution in [3.05, 3.63) is 59.2 Å². The highest BCUT2D eigenvalue weighted by atomic mass is 16.3. The fraction of sp³-hybridized carbons (Fsp3) is 0.188. The van der Waals surface area contributed by atoms with Crippen LogP contribution in [0.4, 0.5) is 0 Å². The molecule has 0 bridgehead atoms. The van der Waals surface area contributed by atoms with E-state index in [0.29, 0.717) is 13.1 Å². The van der Waals surface area contributed by atoms with Gasteiger partial charge in [-0.05, 0) is 36.2 Å². The largest absolute Gasteiger partial charge is 0.508 e. The molecule has 2 aromatic carbocycles. The van der Waals surface area contributed by atoms with Crippen molar-refractivity contribution in [3.8, 4) is 11.5 Å². The van der Waals surface area contributed by atoms with E-state index in [1.54, 1.807) is 0 Å². The lowest BCUT2D eigenvalue weighted by atomic mass is 10.1. The molecule has 0 unspecified atom stereocenters. The summed E-state index contributed by atoms with van der Waals surface area (Å²) in [6, 6.07) is 11.7. The first-order valence-electron chi connectivity index (χ1n) is 6.68. The summed E-state index contributed by atoms with van der Waals surface area (Å²) in [6.07, 6.45) is 0.827. The van der Waals surface area contributed by atoms with Crippen LogP contribution in [0.1, 0.15) is 21.5 Å². The van der Waals surface area contributed by atoms with E-state index in [1.807, 2.05) is 24.3 Å². The van der Waals surface area contributed by atoms with Crippen LogP contribution in [0.5, 0.6) is 11.5 Å². The van der Waals surface area contributed by atoms with Crippen LogP contribution >= 0.6 is 0 Å². The zero-order chi connectivity index (χ0) is 15.2. The first kappa shape index (κ1) is 14.9. The number of benzene rings is 2. The second kappa shape index (κ2) is 6.76. The molecule has 2 aromatic rings. The highest BCUT2D eigenvalue weighted by molar-refractivity contribution is 5.96. The minimum Gasteiger partial charge on any atom is -0.508 e. The number of carbonyl (C=O) groups excluding carboxylic acids is 1. The van der Waals surface area contributed by atoms with Crippen molar-refractivity contribution >= 4 is 5.91 Å². The summed E-state index contributed by atoms with van der Waals surface area (Å²) in [4.78, 5) is 12.0. The average Bonchev–Trinajstić information content (AvgIpc) is 2.46. The lowest BCUT2D eigenvalue weighted by Gasteiger charge is -2.08. The molecule has 5 nitrogen and oxygen atoms in total. The highest BCUT2D eigenvalue weighted by Gasteiger charge is 2.11. The summed E-state index contributed by atoms with van der Waals surface area (Å²) in [5.74, 6) is -0.719. The first-order valence-corrected chi connectivity index (χ1v) is 6.68. The topological polar surface area (TPSA) is 95.6 Å². The van der Waals surface area contributed by atoms with Gasteiger partial charge in [-0.1, -0.05) is 24.3 Å². The number of hydrogen-bond acceptors (Lipinski definition) is 4. The molecule has 2 rings (SSSR count). The lowest BCUT2D eigenvalue weighted by molar-refractivity contribution is 0.0948. The Labute approximate surface area is 123 Å². The van der Waals surface area contributed by atoms with E-state index in [-0.39, 0.29) is 17.1 Å². The van der Waals surface area contributed by atoms with Crippen molar-refractivity contribution in [3.63, 3.8) is 0 Å². The number of phenols is 2. The summed E-state index contributed by atoms with van der Waals surface area (Å²) in [7, 11) is 0. The van der Waals surface area contributed by atoms with Crippen molar-refractivity contribution in [2.45, 2.75) is 13.0 Å². The van der Waals surface area contributed by atoms with Gasteiger partial charge in [0.1, 0.15) is 11.5 Å². The number of carbonyl (C=O) groups is 1. The Hall–Kier alpha value is -2.53. The van der Waals surface area contributed by atoms with Crippen molar-refractivity contribution in [1.82, 2.24) is 5.32 Å². The van der Waals surface area contributed by atoms with E-state index in [2.05, 4.69) is 5.32 Å². The summed E-state index contributed by atoms with van der Waals surface area (Å²) >= 11 is 0. The molecule has 0 heterocycles. The molecule has 0 radical (unpaired) electrons. The van der Waals surface area contributed by atoms with Crippen LogP contribution < -0.4 is 11.1 Å². The first-order chi connectivity index (χ1) is 10.1. The molecule has 110 valence electrons. The maximum absolute atomic E-state index is 12.0. The van der Waals surface area contributed by atoms with E-state index < -0.39 is 5.91 Å². The Morgan fingerprint density at radius 2 is 1.71 bits per heavy atom. The third-order valence-corrected chi connectivity index (χ3v) is 3.13. The lowest BCUT2D eigenvalue weighted by Crippen LogP contribution is -2.22. The molecule has 0 aliphatic heterocycles. The fourth-order valence-electron chi connectivity index (χ4n) is 1.98. The van der Waals surface area contributed by atoms with Crippen LogP contribution in [-0.4, -0.2) is 22.7 Å². The Morgan fingerprint density at radius 3 is 2.33 bits per heavy atom. The van der Waals surface area contributed by atoms with E-state index in [0.717, 1.165) is 23.6 Å². The summed E-state index contributed by atoms with van der Waals surface area (Å²) in [5.41, 5.74) is 7.74. The molecule has 0 saturated carbocycles. The minimum atomic E-state index is -0.390. The highest BCUT2D eigenvalue weighted by Crippen LogP contribution is 2.22. The van der Waals surface area contributed by atoms with Crippen LogP contribution in [0.15, 0.2) is 42.5 Å². The van der Waals surface area contributed by atoms with Crippen molar-refractivity contribution in [1.29, 1.82) is 0 Å². The van der Waals surface area contributed by atoms with Gasteiger partial charge in [-0.25, -0.2) is 0 Å². The molecule has 0 spiro atoms. The smallest absolute Gasteiger partial charge is 0.255 e. The number of hydrogen-bond donors (Lipinski definition) is 4. The fourth-order valence-corrected chi connectivity index (χ4v) is 1.98. The van der Waals surface area contributed by atoms with Gasteiger partial charge in [-0.15, -0.1) is 0 Å². The van der Waals surface area contributed by atoms with E-state index in [1.165, 1.54) is 12.1 Å². The summed E-state index contributed by atoms with van der Waals surface area (Å²) in [6.45, 7) is 0.971. The van der Waals surface area contributed by atoms with Gasteiger partial charge in [0, 0.05) is 12.6 Å². The van der Waals surface area contributed by atoms with E-state index in [4.69, 9.17) is 5.73 Å². The van der Waals surface area contributed by atoms with Crippen LogP contribution in [-0.2, 0) is 13.0 Å². The molecular formula is C16H18N2O3. The average molecular weight is 286 g/mol. The quantitative estimate of drug-likeness (QED) is 0.670. The number of aromatic hydroxyl groups is 2. The van der Waals surface area contributed by atoms with Crippen LogP contribution in [0, 0.1) is 0 Å². The Morgan fingerprint density at radius 1 is 1.05 bits per heavy atom. The van der Waals surface area contributed by atoms with Gasteiger partial charge in [0.15, 0.2) is 0 Å². The Kier molecular flexibility index (Phi) is 4.79. The molecule has 21 heavy (non-hydrogen) atoms. The standard InChI is InChI=1S/C16H18N2O3/c17-8-7-11-1-3-12(4-2-11)10-18-16(21)14-6-5-13(19)9-15(14)20/h1-6,9,19-20H,7-8,10,17H2,(H,18,21). The van der Waals surface area contributed by atoms with Gasteiger partial charge in [0.25, 0.3) is 5.91 Å². The van der Waals surface area contributed by atoms with Gasteiger partial charge < -0.3 is 21.3 Å². The zero-order valence-corrected chi connectivity index (χ0v) is 11.5. The van der Waals surface area contributed by atoms with Crippen molar-refractivity contribution < 1.29 is 15.0 Å². The normalized spacial score (nSPS) is 10.3. The second-order valence-electron chi connectivity index (χ2n) is 4.74. The molecule has 0 aliphatic carbocycles. The van der Waals surface area contributed by atoms with Crippen LogP contribution in [0.2, 0.25) is 0 Å².